The Morgan fingerprint density at radius 2 is 1.95 bits per heavy atom. The maximum Gasteiger partial charge on any atom is 0.150 e. The summed E-state index contributed by atoms with van der Waals surface area (Å²) < 4.78 is 14.0. The molecule has 0 aromatic heterocycles. The molecule has 0 aliphatic heterocycles. The summed E-state index contributed by atoms with van der Waals surface area (Å²) in [7, 11) is 5.78. The minimum Gasteiger partial charge on any atom is -0.397 e. The number of benzene rings is 2. The molecule has 0 aliphatic carbocycles. The second-order valence-electron chi connectivity index (χ2n) is 5.13. The molecule has 0 saturated heterocycles. The van der Waals surface area contributed by atoms with Gasteiger partial charge < -0.3 is 5.73 Å². The molecule has 0 heterocycles. The smallest absolute Gasteiger partial charge is 0.150 e. The molecule has 0 saturated carbocycles. The average molecular weight is 280 g/mol. The van der Waals surface area contributed by atoms with Gasteiger partial charge in [-0.1, -0.05) is 43.6 Å². The van der Waals surface area contributed by atoms with Crippen molar-refractivity contribution in [2.75, 3.05) is 5.73 Å². The molecule has 4 heteroatoms. The maximum atomic E-state index is 14.0. The van der Waals surface area contributed by atoms with Crippen LogP contribution in [0.4, 0.5) is 15.8 Å². The summed E-state index contributed by atoms with van der Waals surface area (Å²) in [5, 5.41) is 0. The molecule has 0 amide bonds. The van der Waals surface area contributed by atoms with Gasteiger partial charge in [-0.3, -0.25) is 0 Å². The van der Waals surface area contributed by atoms with E-state index in [0.29, 0.717) is 12.0 Å². The lowest BCUT2D eigenvalue weighted by atomic mass is 9.85. The minimum absolute atomic E-state index is 0.00473. The highest BCUT2D eigenvalue weighted by atomic mass is 19.1. The van der Waals surface area contributed by atoms with Gasteiger partial charge >= 0.3 is 0 Å². The van der Waals surface area contributed by atoms with Crippen LogP contribution < -0.4 is 5.73 Å². The fourth-order valence-corrected chi connectivity index (χ4v) is 2.18. The van der Waals surface area contributed by atoms with Crippen molar-refractivity contribution in [1.29, 1.82) is 0 Å². The highest BCUT2D eigenvalue weighted by molar-refractivity contribution is 6.14. The number of nitrogen functional groups attached to an aromatic ring is 1. The first-order valence-corrected chi connectivity index (χ1v) is 6.93. The zero-order chi connectivity index (χ0) is 15.4. The van der Waals surface area contributed by atoms with Crippen LogP contribution in [0.1, 0.15) is 18.1 Å². The number of para-hydroxylation sites is 1. The molecule has 2 N–H and O–H groups in total. The molecule has 0 bridgehead atoms. The molecule has 2 rings (SSSR count). The first kappa shape index (κ1) is 15.3. The minimum atomic E-state index is -0.426. The van der Waals surface area contributed by atoms with Crippen molar-refractivity contribution in [2.45, 2.75) is 20.2 Å². The lowest BCUT2D eigenvalue weighted by molar-refractivity contribution is 0.630. The number of anilines is 1. The second kappa shape index (κ2) is 6.57. The van der Waals surface area contributed by atoms with E-state index in [1.807, 2.05) is 38.1 Å². The van der Waals surface area contributed by atoms with Crippen LogP contribution in [0.15, 0.2) is 47.5 Å². The summed E-state index contributed by atoms with van der Waals surface area (Å²) in [6.45, 7) is 3.97. The van der Waals surface area contributed by atoms with Gasteiger partial charge in [-0.05, 0) is 36.1 Å². The Morgan fingerprint density at radius 3 is 2.57 bits per heavy atom. The number of hydrogen-bond donors (Lipinski definition) is 1. The average Bonchev–Trinajstić information content (AvgIpc) is 2.47. The van der Waals surface area contributed by atoms with Gasteiger partial charge in [0.1, 0.15) is 5.69 Å². The Kier molecular flexibility index (Phi) is 4.79. The van der Waals surface area contributed by atoms with E-state index in [1.165, 1.54) is 6.07 Å². The van der Waals surface area contributed by atoms with Gasteiger partial charge in [0.25, 0.3) is 0 Å². The summed E-state index contributed by atoms with van der Waals surface area (Å²) in [5.74, 6) is -0.421. The van der Waals surface area contributed by atoms with Crippen LogP contribution in [0.3, 0.4) is 0 Å². The molecule has 0 spiro atoms. The van der Waals surface area contributed by atoms with E-state index in [0.717, 1.165) is 16.8 Å². The number of aliphatic imine (C=N–C) groups is 1. The van der Waals surface area contributed by atoms with Crippen molar-refractivity contribution in [3.63, 3.8) is 0 Å². The summed E-state index contributed by atoms with van der Waals surface area (Å²) in [6, 6.07) is 12.4. The highest BCUT2D eigenvalue weighted by Gasteiger charge is 2.15. The maximum absolute atomic E-state index is 14.0. The normalized spacial score (nSPS) is 13.2. The molecule has 0 aliphatic rings. The summed E-state index contributed by atoms with van der Waals surface area (Å²) >= 11 is 0. The molecule has 2 nitrogen and oxygen atoms in total. The Balaban J connectivity index is 2.61. The molecule has 1 atom stereocenters. The van der Waals surface area contributed by atoms with Gasteiger partial charge in [-0.2, -0.15) is 0 Å². The number of nitrogens with zero attached hydrogens (tertiary/aromatic N) is 1. The quantitative estimate of drug-likeness (QED) is 0.512. The SMILES string of the molecule is [B]CC(C)C(=Nc1c(N)cccc1F)c1ccccc1C. The van der Waals surface area contributed by atoms with E-state index in [-0.39, 0.29) is 11.6 Å². The van der Waals surface area contributed by atoms with Gasteiger partial charge in [0.05, 0.1) is 19.2 Å². The molecule has 106 valence electrons. The third-order valence-electron chi connectivity index (χ3n) is 3.49. The van der Waals surface area contributed by atoms with Crippen molar-refractivity contribution in [3.05, 3.63) is 59.4 Å². The molecular weight excluding hydrogens is 262 g/mol. The number of halogens is 1. The van der Waals surface area contributed by atoms with Gasteiger partial charge in [0.15, 0.2) is 5.82 Å². The highest BCUT2D eigenvalue weighted by Crippen LogP contribution is 2.28. The van der Waals surface area contributed by atoms with Crippen LogP contribution >= 0.6 is 0 Å². The van der Waals surface area contributed by atoms with Crippen LogP contribution in [0.2, 0.25) is 6.32 Å². The van der Waals surface area contributed by atoms with E-state index in [4.69, 9.17) is 13.6 Å². The Labute approximate surface area is 126 Å². The van der Waals surface area contributed by atoms with Crippen molar-refractivity contribution < 1.29 is 4.39 Å². The number of nitrogens with two attached hydrogens (primary N) is 1. The van der Waals surface area contributed by atoms with E-state index in [1.54, 1.807) is 12.1 Å². The van der Waals surface area contributed by atoms with Crippen LogP contribution in [0, 0.1) is 18.7 Å². The van der Waals surface area contributed by atoms with Crippen LogP contribution in [0.25, 0.3) is 0 Å². The molecular formula is C17H18BFN2. The number of rotatable bonds is 4. The first-order chi connectivity index (χ1) is 10.0. The summed E-state index contributed by atoms with van der Waals surface area (Å²) in [4.78, 5) is 4.50. The number of hydrogen-bond acceptors (Lipinski definition) is 2. The van der Waals surface area contributed by atoms with Crippen LogP contribution in [0.5, 0.6) is 0 Å². The lowest BCUT2D eigenvalue weighted by Gasteiger charge is -2.16. The van der Waals surface area contributed by atoms with Gasteiger partial charge in [-0.15, -0.1) is 0 Å². The Bertz CT molecular complexity index is 647. The fourth-order valence-electron chi connectivity index (χ4n) is 2.18. The number of aryl methyl sites for hydroxylation is 1. The van der Waals surface area contributed by atoms with E-state index < -0.39 is 5.82 Å². The van der Waals surface area contributed by atoms with E-state index in [9.17, 15) is 4.39 Å². The summed E-state index contributed by atoms with van der Waals surface area (Å²) in [5.41, 5.74) is 9.15. The molecule has 2 radical (unpaired) electrons. The predicted octanol–water partition coefficient (Wildman–Crippen LogP) is 4.06. The third kappa shape index (κ3) is 3.33. The predicted molar refractivity (Wildman–Crippen MR) is 87.9 cm³/mol. The lowest BCUT2D eigenvalue weighted by Crippen LogP contribution is -2.14. The van der Waals surface area contributed by atoms with Crippen LogP contribution in [-0.2, 0) is 0 Å². The largest absolute Gasteiger partial charge is 0.397 e. The van der Waals surface area contributed by atoms with Crippen molar-refractivity contribution in [3.8, 4) is 0 Å². The first-order valence-electron chi connectivity index (χ1n) is 6.93. The Morgan fingerprint density at radius 1 is 1.24 bits per heavy atom. The zero-order valence-electron chi connectivity index (χ0n) is 12.3. The van der Waals surface area contributed by atoms with Gasteiger partial charge in [0, 0.05) is 0 Å². The monoisotopic (exact) mass is 280 g/mol. The standard InChI is InChI=1S/C17H18BFN2/c1-11-6-3-4-7-13(11)16(12(2)10-18)21-17-14(19)8-5-9-15(17)20/h3-9,12H,10,20H2,1-2H3. The molecule has 2 aromatic rings. The molecule has 2 aromatic carbocycles. The van der Waals surface area contributed by atoms with Gasteiger partial charge in [0.2, 0.25) is 0 Å². The van der Waals surface area contributed by atoms with E-state index in [2.05, 4.69) is 4.99 Å². The molecule has 1 unspecified atom stereocenters. The van der Waals surface area contributed by atoms with Gasteiger partial charge in [-0.25, -0.2) is 9.38 Å². The van der Waals surface area contributed by atoms with Crippen LogP contribution in [-0.4, -0.2) is 13.6 Å². The van der Waals surface area contributed by atoms with Crippen molar-refractivity contribution in [1.82, 2.24) is 0 Å². The third-order valence-corrected chi connectivity index (χ3v) is 3.49. The molecule has 0 fully saturated rings. The van der Waals surface area contributed by atoms with Crippen molar-refractivity contribution in [2.24, 2.45) is 10.9 Å². The fraction of sp³-hybridized carbons (Fsp3) is 0.235. The topological polar surface area (TPSA) is 38.4 Å². The Hall–Kier alpha value is -2.10. The zero-order valence-corrected chi connectivity index (χ0v) is 12.3. The van der Waals surface area contributed by atoms with E-state index >= 15 is 0 Å². The summed E-state index contributed by atoms with van der Waals surface area (Å²) in [6.07, 6.45) is 0.432. The second-order valence-corrected chi connectivity index (χ2v) is 5.13. The van der Waals surface area contributed by atoms with Crippen molar-refractivity contribution >= 4 is 24.9 Å². The molecule has 21 heavy (non-hydrogen) atoms.